The summed E-state index contributed by atoms with van der Waals surface area (Å²) in [4.78, 5) is 21.6. The maximum absolute atomic E-state index is 11.2. The van der Waals surface area contributed by atoms with Gasteiger partial charge in [-0.2, -0.15) is 0 Å². The Morgan fingerprint density at radius 2 is 2.32 bits per heavy atom. The summed E-state index contributed by atoms with van der Waals surface area (Å²) in [6.45, 7) is 0.543. The molecule has 1 aromatic rings. The summed E-state index contributed by atoms with van der Waals surface area (Å²) in [5.41, 5.74) is 5.49. The molecule has 0 unspecified atom stereocenters. The molecule has 0 aromatic heterocycles. The van der Waals surface area contributed by atoms with Gasteiger partial charge in [0.2, 0.25) is 0 Å². The number of nitrogens with zero attached hydrogens (tertiary/aromatic N) is 1. The van der Waals surface area contributed by atoms with Crippen molar-refractivity contribution in [1.82, 2.24) is 0 Å². The molecule has 8 nitrogen and oxygen atoms in total. The van der Waals surface area contributed by atoms with Gasteiger partial charge in [-0.3, -0.25) is 14.9 Å². The van der Waals surface area contributed by atoms with Gasteiger partial charge >= 0.3 is 5.69 Å². The second-order valence-corrected chi connectivity index (χ2v) is 3.90. The average Bonchev–Trinajstić information content (AvgIpc) is 2.37. The number of hydrogen-bond acceptors (Lipinski definition) is 6. The number of carbonyl (C=O) groups is 1. The monoisotopic (exact) mass is 267 g/mol. The number of nitro groups is 1. The topological polar surface area (TPSA) is 117 Å². The van der Waals surface area contributed by atoms with E-state index in [0.717, 1.165) is 0 Å². The number of ether oxygens (including phenoxy) is 2. The molecule has 19 heavy (non-hydrogen) atoms. The fourth-order valence-corrected chi connectivity index (χ4v) is 1.62. The third-order valence-corrected chi connectivity index (χ3v) is 2.50. The van der Waals surface area contributed by atoms with Gasteiger partial charge in [0.1, 0.15) is 0 Å². The van der Waals surface area contributed by atoms with E-state index in [1.807, 2.05) is 0 Å². The molecule has 0 saturated heterocycles. The Hall–Kier alpha value is -2.35. The summed E-state index contributed by atoms with van der Waals surface area (Å²) in [6.07, 6.45) is 0.580. The first-order valence-corrected chi connectivity index (χ1v) is 5.69. The molecule has 102 valence electrons. The van der Waals surface area contributed by atoms with Gasteiger partial charge in [-0.25, -0.2) is 0 Å². The number of fused-ring (bicyclic) bond motifs is 1. The minimum absolute atomic E-state index is 0.0861. The van der Waals surface area contributed by atoms with Gasteiger partial charge in [-0.05, 0) is 13.0 Å². The number of nitrogens with two attached hydrogens (primary N) is 1. The number of amides is 1. The summed E-state index contributed by atoms with van der Waals surface area (Å²) in [6, 6.07) is 2.63. The standard InChI is InChI=1S/C11H13N3O5/c12-2-1-3-18-10-4-7-9(5-8(10)14(16)17)19-6-11(15)13-7/h4-5H,1-3,6,12H2,(H,13,15). The van der Waals surface area contributed by atoms with Crippen molar-refractivity contribution in [2.45, 2.75) is 6.42 Å². The summed E-state index contributed by atoms with van der Waals surface area (Å²) < 4.78 is 10.4. The third-order valence-electron chi connectivity index (χ3n) is 2.50. The lowest BCUT2D eigenvalue weighted by atomic mass is 10.2. The van der Waals surface area contributed by atoms with E-state index in [4.69, 9.17) is 15.2 Å². The number of anilines is 1. The molecule has 0 fully saturated rings. The highest BCUT2D eigenvalue weighted by molar-refractivity contribution is 5.96. The average molecular weight is 267 g/mol. The zero-order chi connectivity index (χ0) is 13.8. The number of nitrogens with one attached hydrogen (secondary N) is 1. The number of carbonyl (C=O) groups excluding carboxylic acids is 1. The fraction of sp³-hybridized carbons (Fsp3) is 0.364. The van der Waals surface area contributed by atoms with Gasteiger partial charge in [-0.15, -0.1) is 0 Å². The second kappa shape index (κ2) is 5.53. The van der Waals surface area contributed by atoms with Gasteiger partial charge in [0, 0.05) is 6.07 Å². The molecule has 1 aliphatic heterocycles. The van der Waals surface area contributed by atoms with E-state index >= 15 is 0 Å². The Morgan fingerprint density at radius 1 is 1.53 bits per heavy atom. The number of nitro benzene ring substituents is 1. The Kier molecular flexibility index (Phi) is 3.81. The van der Waals surface area contributed by atoms with Crippen molar-refractivity contribution in [3.8, 4) is 11.5 Å². The third kappa shape index (κ3) is 2.91. The summed E-state index contributed by atoms with van der Waals surface area (Å²) >= 11 is 0. The van der Waals surface area contributed by atoms with Gasteiger partial charge in [0.15, 0.2) is 18.1 Å². The van der Waals surface area contributed by atoms with E-state index < -0.39 is 4.92 Å². The van der Waals surface area contributed by atoms with Crippen LogP contribution in [0, 0.1) is 10.1 Å². The van der Waals surface area contributed by atoms with Crippen molar-refractivity contribution in [2.24, 2.45) is 5.73 Å². The number of hydrogen-bond donors (Lipinski definition) is 2. The van der Waals surface area contributed by atoms with E-state index in [1.54, 1.807) is 0 Å². The van der Waals surface area contributed by atoms with Crippen LogP contribution in [0.2, 0.25) is 0 Å². The van der Waals surface area contributed by atoms with Gasteiger partial charge < -0.3 is 20.5 Å². The van der Waals surface area contributed by atoms with Crippen LogP contribution in [0.5, 0.6) is 11.5 Å². The quantitative estimate of drug-likeness (QED) is 0.459. The van der Waals surface area contributed by atoms with Crippen LogP contribution in [-0.2, 0) is 4.79 Å². The van der Waals surface area contributed by atoms with Crippen LogP contribution < -0.4 is 20.5 Å². The molecule has 2 rings (SSSR count). The highest BCUT2D eigenvalue weighted by Gasteiger charge is 2.24. The summed E-state index contributed by atoms with van der Waals surface area (Å²) in [7, 11) is 0. The van der Waals surface area contributed by atoms with Crippen molar-refractivity contribution in [3.63, 3.8) is 0 Å². The minimum Gasteiger partial charge on any atom is -0.487 e. The Labute approximate surface area is 108 Å². The normalized spacial score (nSPS) is 13.2. The zero-order valence-corrected chi connectivity index (χ0v) is 10.0. The largest absolute Gasteiger partial charge is 0.487 e. The molecule has 0 aliphatic carbocycles. The summed E-state index contributed by atoms with van der Waals surface area (Å²) in [5.74, 6) is 0.0368. The van der Waals surface area contributed by atoms with Crippen LogP contribution in [-0.4, -0.2) is 30.6 Å². The second-order valence-electron chi connectivity index (χ2n) is 3.90. The van der Waals surface area contributed by atoms with Crippen LogP contribution in [0.1, 0.15) is 6.42 Å². The summed E-state index contributed by atoms with van der Waals surface area (Å²) in [5, 5.41) is 13.5. The first-order valence-electron chi connectivity index (χ1n) is 5.69. The Bertz CT molecular complexity index is 517. The molecule has 0 spiro atoms. The van der Waals surface area contributed by atoms with Gasteiger partial charge in [-0.1, -0.05) is 0 Å². The lowest BCUT2D eigenvalue weighted by Gasteiger charge is -2.18. The lowest BCUT2D eigenvalue weighted by molar-refractivity contribution is -0.385. The van der Waals surface area contributed by atoms with Crippen LogP contribution in [0.4, 0.5) is 11.4 Å². The predicted octanol–water partition coefficient (Wildman–Crippen LogP) is 0.653. The molecule has 1 aliphatic rings. The molecule has 0 saturated carbocycles. The molecule has 1 heterocycles. The molecule has 1 aromatic carbocycles. The van der Waals surface area contributed by atoms with Crippen molar-refractivity contribution in [3.05, 3.63) is 22.2 Å². The maximum atomic E-state index is 11.2. The van der Waals surface area contributed by atoms with Crippen LogP contribution in [0.25, 0.3) is 0 Å². The van der Waals surface area contributed by atoms with Crippen molar-refractivity contribution in [1.29, 1.82) is 0 Å². The van der Waals surface area contributed by atoms with Crippen molar-refractivity contribution >= 4 is 17.3 Å². The van der Waals surface area contributed by atoms with E-state index in [0.29, 0.717) is 18.7 Å². The van der Waals surface area contributed by atoms with E-state index in [9.17, 15) is 14.9 Å². The first-order chi connectivity index (χ1) is 9.11. The van der Waals surface area contributed by atoms with Gasteiger partial charge in [0.25, 0.3) is 5.91 Å². The Morgan fingerprint density at radius 3 is 3.00 bits per heavy atom. The molecular formula is C11H13N3O5. The molecule has 8 heteroatoms. The smallest absolute Gasteiger partial charge is 0.314 e. The van der Waals surface area contributed by atoms with E-state index in [-0.39, 0.29) is 36.3 Å². The molecule has 0 bridgehead atoms. The Balaban J connectivity index is 2.31. The first kappa shape index (κ1) is 13.1. The van der Waals surface area contributed by atoms with Crippen LogP contribution in [0.3, 0.4) is 0 Å². The number of rotatable bonds is 5. The lowest BCUT2D eigenvalue weighted by Crippen LogP contribution is -2.25. The molecule has 1 amide bonds. The fourth-order valence-electron chi connectivity index (χ4n) is 1.62. The maximum Gasteiger partial charge on any atom is 0.314 e. The molecule has 3 N–H and O–H groups in total. The predicted molar refractivity (Wildman–Crippen MR) is 66.4 cm³/mol. The van der Waals surface area contributed by atoms with Crippen molar-refractivity contribution in [2.75, 3.05) is 25.1 Å². The highest BCUT2D eigenvalue weighted by Crippen LogP contribution is 2.39. The van der Waals surface area contributed by atoms with Crippen LogP contribution in [0.15, 0.2) is 12.1 Å². The SMILES string of the molecule is NCCCOc1cc2c(cc1[N+](=O)[O-])OCC(=O)N2. The number of benzene rings is 1. The van der Waals surface area contributed by atoms with E-state index in [1.165, 1.54) is 12.1 Å². The molecule has 0 atom stereocenters. The molecule has 0 radical (unpaired) electrons. The zero-order valence-electron chi connectivity index (χ0n) is 10.0. The minimum atomic E-state index is -0.558. The van der Waals surface area contributed by atoms with Crippen molar-refractivity contribution < 1.29 is 19.2 Å². The molecular weight excluding hydrogens is 254 g/mol. The van der Waals surface area contributed by atoms with Gasteiger partial charge in [0.05, 0.1) is 23.3 Å². The highest BCUT2D eigenvalue weighted by atomic mass is 16.6. The van der Waals surface area contributed by atoms with Crippen LogP contribution >= 0.6 is 0 Å². The van der Waals surface area contributed by atoms with E-state index in [2.05, 4.69) is 5.32 Å².